The van der Waals surface area contributed by atoms with Crippen LogP contribution in [-0.4, -0.2) is 0 Å². The van der Waals surface area contributed by atoms with Gasteiger partial charge in [0.1, 0.15) is 11.2 Å². The first-order valence-corrected chi connectivity index (χ1v) is 16.4. The molecule has 48 heavy (non-hydrogen) atoms. The minimum Gasteiger partial charge on any atom is -0.456 e. The van der Waals surface area contributed by atoms with E-state index in [2.05, 4.69) is 181 Å². The number of hydrogen-bond acceptors (Lipinski definition) is 2. The highest BCUT2D eigenvalue weighted by Gasteiger charge is 2.22. The summed E-state index contributed by atoms with van der Waals surface area (Å²) in [5.41, 5.74) is 12.2. The fraction of sp³-hybridized carbons (Fsp3) is 0. The minimum absolute atomic E-state index is 0.896. The molecule has 226 valence electrons. The molecule has 0 spiro atoms. The van der Waals surface area contributed by atoms with Crippen LogP contribution in [0.4, 0.5) is 17.1 Å². The fourth-order valence-corrected chi connectivity index (χ4v) is 6.98. The highest BCUT2D eigenvalue weighted by atomic mass is 16.3. The van der Waals surface area contributed by atoms with Crippen molar-refractivity contribution in [3.63, 3.8) is 0 Å². The van der Waals surface area contributed by atoms with Gasteiger partial charge in [0.2, 0.25) is 0 Å². The van der Waals surface area contributed by atoms with Gasteiger partial charge >= 0.3 is 0 Å². The van der Waals surface area contributed by atoms with Gasteiger partial charge in [-0.3, -0.25) is 0 Å². The summed E-state index contributed by atoms with van der Waals surface area (Å²) in [4.78, 5) is 2.44. The first-order chi connectivity index (χ1) is 23.8. The molecule has 0 radical (unpaired) electrons. The molecule has 0 amide bonds. The summed E-state index contributed by atoms with van der Waals surface area (Å²) in [7, 11) is 0. The predicted octanol–water partition coefficient (Wildman–Crippen LogP) is 13.2. The summed E-state index contributed by atoms with van der Waals surface area (Å²) in [6.45, 7) is 0. The van der Waals surface area contributed by atoms with Crippen LogP contribution < -0.4 is 4.90 Å². The van der Waals surface area contributed by atoms with Gasteiger partial charge in [-0.15, -0.1) is 0 Å². The van der Waals surface area contributed by atoms with Crippen molar-refractivity contribution >= 4 is 49.8 Å². The van der Waals surface area contributed by atoms with Gasteiger partial charge in [-0.25, -0.2) is 0 Å². The molecule has 1 aromatic heterocycles. The van der Waals surface area contributed by atoms with E-state index < -0.39 is 0 Å². The predicted molar refractivity (Wildman–Crippen MR) is 202 cm³/mol. The van der Waals surface area contributed by atoms with Gasteiger partial charge in [-0.1, -0.05) is 152 Å². The third kappa shape index (κ3) is 4.83. The van der Waals surface area contributed by atoms with E-state index in [1.807, 2.05) is 12.1 Å². The normalized spacial score (nSPS) is 11.3. The molecule has 0 N–H and O–H groups in total. The number of rotatable bonds is 6. The van der Waals surface area contributed by atoms with Gasteiger partial charge in [-0.05, 0) is 64.0 Å². The van der Waals surface area contributed by atoms with Gasteiger partial charge in [0.15, 0.2) is 0 Å². The van der Waals surface area contributed by atoms with E-state index in [4.69, 9.17) is 4.42 Å². The van der Waals surface area contributed by atoms with Gasteiger partial charge in [0, 0.05) is 27.3 Å². The second kappa shape index (κ2) is 11.8. The average Bonchev–Trinajstić information content (AvgIpc) is 3.54. The van der Waals surface area contributed by atoms with Crippen LogP contribution in [0, 0.1) is 0 Å². The van der Waals surface area contributed by atoms with Crippen LogP contribution in [0.5, 0.6) is 0 Å². The lowest BCUT2D eigenvalue weighted by Crippen LogP contribution is -2.13. The van der Waals surface area contributed by atoms with Gasteiger partial charge in [-0.2, -0.15) is 0 Å². The molecule has 0 aliphatic heterocycles. The van der Waals surface area contributed by atoms with E-state index in [0.29, 0.717) is 0 Å². The maximum Gasteiger partial charge on any atom is 0.135 e. The molecule has 0 fully saturated rings. The summed E-state index contributed by atoms with van der Waals surface area (Å²) in [6.07, 6.45) is 0. The zero-order chi connectivity index (χ0) is 31.9. The number of nitrogens with zero attached hydrogens (tertiary/aromatic N) is 1. The second-order valence-corrected chi connectivity index (χ2v) is 12.1. The van der Waals surface area contributed by atoms with Crippen LogP contribution in [-0.2, 0) is 0 Å². The monoisotopic (exact) mass is 613 g/mol. The van der Waals surface area contributed by atoms with Crippen molar-refractivity contribution in [2.24, 2.45) is 0 Å². The van der Waals surface area contributed by atoms with E-state index in [0.717, 1.165) is 55.7 Å². The molecular formula is C46H31NO. The number of furan rings is 1. The van der Waals surface area contributed by atoms with Gasteiger partial charge in [0.05, 0.1) is 17.1 Å². The third-order valence-corrected chi connectivity index (χ3v) is 9.29. The highest BCUT2D eigenvalue weighted by Crippen LogP contribution is 2.47. The molecular weight excluding hydrogens is 583 g/mol. The first kappa shape index (κ1) is 27.9. The number of hydrogen-bond donors (Lipinski definition) is 0. The Balaban J connectivity index is 1.26. The summed E-state index contributed by atoms with van der Waals surface area (Å²) in [5, 5.41) is 4.64. The molecule has 1 heterocycles. The second-order valence-electron chi connectivity index (χ2n) is 12.1. The van der Waals surface area contributed by atoms with Crippen LogP contribution in [0.25, 0.3) is 66.1 Å². The Labute approximate surface area is 279 Å². The van der Waals surface area contributed by atoms with Crippen molar-refractivity contribution in [1.29, 1.82) is 0 Å². The molecule has 2 nitrogen and oxygen atoms in total. The molecule has 8 aromatic carbocycles. The van der Waals surface area contributed by atoms with E-state index in [1.165, 1.54) is 27.5 Å². The van der Waals surface area contributed by atoms with Crippen LogP contribution >= 0.6 is 0 Å². The van der Waals surface area contributed by atoms with Crippen molar-refractivity contribution in [2.45, 2.75) is 0 Å². The van der Waals surface area contributed by atoms with Crippen LogP contribution in [0.1, 0.15) is 0 Å². The lowest BCUT2D eigenvalue weighted by atomic mass is 9.96. The van der Waals surface area contributed by atoms with Gasteiger partial charge < -0.3 is 9.32 Å². The zero-order valence-electron chi connectivity index (χ0n) is 26.3. The number of anilines is 3. The first-order valence-electron chi connectivity index (χ1n) is 16.4. The molecule has 2 heteroatoms. The minimum atomic E-state index is 0.896. The largest absolute Gasteiger partial charge is 0.456 e. The Morgan fingerprint density at radius 1 is 0.312 bits per heavy atom. The lowest BCUT2D eigenvalue weighted by Gasteiger charge is -2.31. The van der Waals surface area contributed by atoms with E-state index in [9.17, 15) is 0 Å². The van der Waals surface area contributed by atoms with E-state index in [-0.39, 0.29) is 0 Å². The molecule has 0 atom stereocenters. The van der Waals surface area contributed by atoms with Crippen molar-refractivity contribution in [1.82, 2.24) is 0 Å². The zero-order valence-corrected chi connectivity index (χ0v) is 26.3. The summed E-state index contributed by atoms with van der Waals surface area (Å²) in [6, 6.07) is 67.0. The standard InChI is InChI=1S/C46H31NO/c1-2-13-32(14-3-1)33-25-27-35(28-26-33)38-18-6-9-21-42(38)47(44-23-12-16-34-15-4-5-17-37(34)44)43-22-10-7-19-39(43)36-29-30-46-41(31-36)40-20-8-11-24-45(40)48-46/h1-31H. The summed E-state index contributed by atoms with van der Waals surface area (Å²) in [5.74, 6) is 0. The van der Waals surface area contributed by atoms with Crippen molar-refractivity contribution in [2.75, 3.05) is 4.90 Å². The number of fused-ring (bicyclic) bond motifs is 4. The molecule has 0 aliphatic rings. The Morgan fingerprint density at radius 3 is 1.62 bits per heavy atom. The summed E-state index contributed by atoms with van der Waals surface area (Å²) < 4.78 is 6.20. The topological polar surface area (TPSA) is 16.4 Å². The Morgan fingerprint density at radius 2 is 0.833 bits per heavy atom. The van der Waals surface area contributed by atoms with Crippen molar-refractivity contribution in [3.05, 3.63) is 188 Å². The summed E-state index contributed by atoms with van der Waals surface area (Å²) >= 11 is 0. The lowest BCUT2D eigenvalue weighted by molar-refractivity contribution is 0.669. The van der Waals surface area contributed by atoms with Crippen molar-refractivity contribution < 1.29 is 4.42 Å². The van der Waals surface area contributed by atoms with Crippen LogP contribution in [0.3, 0.4) is 0 Å². The molecule has 9 aromatic rings. The maximum atomic E-state index is 6.20. The Bertz CT molecular complexity index is 2560. The SMILES string of the molecule is c1ccc(-c2ccc(-c3ccccc3N(c3ccccc3-c3ccc4oc5ccccc5c4c3)c3cccc4ccccc34)cc2)cc1. The van der Waals surface area contributed by atoms with E-state index >= 15 is 0 Å². The maximum absolute atomic E-state index is 6.20. The Kier molecular flexibility index (Phi) is 6.84. The molecule has 9 rings (SSSR count). The van der Waals surface area contributed by atoms with Gasteiger partial charge in [0.25, 0.3) is 0 Å². The van der Waals surface area contributed by atoms with Crippen LogP contribution in [0.2, 0.25) is 0 Å². The smallest absolute Gasteiger partial charge is 0.135 e. The van der Waals surface area contributed by atoms with Crippen molar-refractivity contribution in [3.8, 4) is 33.4 Å². The number of benzene rings is 8. The molecule has 0 saturated carbocycles. The highest BCUT2D eigenvalue weighted by molar-refractivity contribution is 6.08. The van der Waals surface area contributed by atoms with E-state index in [1.54, 1.807) is 0 Å². The average molecular weight is 614 g/mol. The van der Waals surface area contributed by atoms with Crippen LogP contribution in [0.15, 0.2) is 192 Å². The molecule has 0 unspecified atom stereocenters. The number of para-hydroxylation sites is 3. The fourth-order valence-electron chi connectivity index (χ4n) is 6.98. The third-order valence-electron chi connectivity index (χ3n) is 9.29. The quantitative estimate of drug-likeness (QED) is 0.185. The Hall–Kier alpha value is -6.38. The molecule has 0 bridgehead atoms. The molecule has 0 aliphatic carbocycles. The molecule has 0 saturated heterocycles.